The molecule has 1 N–H and O–H groups in total. The molecule has 1 saturated carbocycles. The first-order valence-corrected chi connectivity index (χ1v) is 10.5. The molecule has 2 heteroatoms. The number of carboxylic acid groups (broad SMARTS) is 1. The number of aliphatic carboxylic acids is 1. The Morgan fingerprint density at radius 3 is 1.78 bits per heavy atom. The Bertz CT molecular complexity index is 284. The first-order chi connectivity index (χ1) is 11.2. The van der Waals surface area contributed by atoms with Gasteiger partial charge in [-0.1, -0.05) is 90.4 Å². The van der Waals surface area contributed by atoms with Crippen LogP contribution in [-0.4, -0.2) is 11.1 Å². The summed E-state index contributed by atoms with van der Waals surface area (Å²) >= 11 is 0. The highest BCUT2D eigenvalue weighted by Gasteiger charge is 2.29. The Morgan fingerprint density at radius 1 is 0.826 bits per heavy atom. The SMILES string of the molecule is CCCCCCCCCC(CCCCCCCC(=O)O)C1CC1. The minimum atomic E-state index is -0.645. The van der Waals surface area contributed by atoms with E-state index in [2.05, 4.69) is 6.92 Å². The van der Waals surface area contributed by atoms with Crippen molar-refractivity contribution in [1.82, 2.24) is 0 Å². The van der Waals surface area contributed by atoms with Crippen LogP contribution in [0.25, 0.3) is 0 Å². The van der Waals surface area contributed by atoms with Crippen LogP contribution in [0.1, 0.15) is 116 Å². The van der Waals surface area contributed by atoms with Gasteiger partial charge < -0.3 is 5.11 Å². The second kappa shape index (κ2) is 13.9. The average Bonchev–Trinajstić information content (AvgIpc) is 3.35. The van der Waals surface area contributed by atoms with E-state index in [4.69, 9.17) is 5.11 Å². The van der Waals surface area contributed by atoms with E-state index in [1.807, 2.05) is 0 Å². The summed E-state index contributed by atoms with van der Waals surface area (Å²) < 4.78 is 0. The van der Waals surface area contributed by atoms with Gasteiger partial charge in [0, 0.05) is 6.42 Å². The molecule has 2 nitrogen and oxygen atoms in total. The molecule has 0 aromatic rings. The van der Waals surface area contributed by atoms with Crippen molar-refractivity contribution in [1.29, 1.82) is 0 Å². The van der Waals surface area contributed by atoms with Crippen molar-refractivity contribution in [3.63, 3.8) is 0 Å². The second-order valence-electron chi connectivity index (χ2n) is 7.71. The third kappa shape index (κ3) is 12.5. The monoisotopic (exact) mass is 324 g/mol. The van der Waals surface area contributed by atoms with Crippen molar-refractivity contribution >= 4 is 5.97 Å². The predicted octanol–water partition coefficient (Wildman–Crippen LogP) is 6.97. The van der Waals surface area contributed by atoms with Gasteiger partial charge in [0.2, 0.25) is 0 Å². The number of hydrogen-bond donors (Lipinski definition) is 1. The molecule has 0 spiro atoms. The standard InChI is InChI=1S/C21H40O2/c1-2-3-4-5-6-8-11-14-19(20-17-18-20)15-12-9-7-10-13-16-21(22)23/h19-20H,2-18H2,1H3,(H,22,23). The summed E-state index contributed by atoms with van der Waals surface area (Å²) in [4.78, 5) is 10.5. The van der Waals surface area contributed by atoms with E-state index in [1.165, 1.54) is 89.9 Å². The lowest BCUT2D eigenvalue weighted by Gasteiger charge is -2.16. The van der Waals surface area contributed by atoms with E-state index in [0.717, 1.165) is 24.7 Å². The number of carbonyl (C=O) groups is 1. The normalized spacial score (nSPS) is 15.7. The van der Waals surface area contributed by atoms with Crippen molar-refractivity contribution in [3.8, 4) is 0 Å². The van der Waals surface area contributed by atoms with Crippen LogP contribution in [-0.2, 0) is 4.79 Å². The molecule has 0 aromatic carbocycles. The molecule has 0 bridgehead atoms. The fourth-order valence-corrected chi connectivity index (χ4v) is 3.76. The maximum Gasteiger partial charge on any atom is 0.303 e. The van der Waals surface area contributed by atoms with Crippen molar-refractivity contribution in [2.45, 2.75) is 116 Å². The molecule has 0 saturated heterocycles. The molecule has 1 aliphatic carbocycles. The lowest BCUT2D eigenvalue weighted by Crippen LogP contribution is -2.03. The molecule has 0 amide bonds. The number of unbranched alkanes of at least 4 members (excludes halogenated alkanes) is 10. The Balaban J connectivity index is 1.93. The van der Waals surface area contributed by atoms with Crippen molar-refractivity contribution < 1.29 is 9.90 Å². The molecule has 136 valence electrons. The van der Waals surface area contributed by atoms with Gasteiger partial charge in [0.05, 0.1) is 0 Å². The molecule has 1 aliphatic rings. The van der Waals surface area contributed by atoms with Crippen LogP contribution in [0, 0.1) is 11.8 Å². The van der Waals surface area contributed by atoms with Gasteiger partial charge in [-0.15, -0.1) is 0 Å². The smallest absolute Gasteiger partial charge is 0.303 e. The van der Waals surface area contributed by atoms with Crippen LogP contribution in [0.3, 0.4) is 0 Å². The van der Waals surface area contributed by atoms with Crippen LogP contribution in [0.5, 0.6) is 0 Å². The van der Waals surface area contributed by atoms with Crippen molar-refractivity contribution in [3.05, 3.63) is 0 Å². The largest absolute Gasteiger partial charge is 0.481 e. The van der Waals surface area contributed by atoms with Crippen molar-refractivity contribution in [2.75, 3.05) is 0 Å². The summed E-state index contributed by atoms with van der Waals surface area (Å²) in [5.74, 6) is 1.42. The topological polar surface area (TPSA) is 37.3 Å². The summed E-state index contributed by atoms with van der Waals surface area (Å²) in [6.45, 7) is 2.28. The number of rotatable bonds is 17. The highest BCUT2D eigenvalue weighted by atomic mass is 16.4. The molecule has 1 unspecified atom stereocenters. The molecule has 0 aromatic heterocycles. The van der Waals surface area contributed by atoms with E-state index >= 15 is 0 Å². The number of carboxylic acids is 1. The molecule has 0 aliphatic heterocycles. The number of hydrogen-bond acceptors (Lipinski definition) is 1. The predicted molar refractivity (Wildman–Crippen MR) is 98.8 cm³/mol. The average molecular weight is 325 g/mol. The molecule has 1 rings (SSSR count). The van der Waals surface area contributed by atoms with Crippen LogP contribution in [0.15, 0.2) is 0 Å². The van der Waals surface area contributed by atoms with Gasteiger partial charge in [0.15, 0.2) is 0 Å². The zero-order valence-electron chi connectivity index (χ0n) is 15.5. The van der Waals surface area contributed by atoms with Gasteiger partial charge in [-0.2, -0.15) is 0 Å². The lowest BCUT2D eigenvalue weighted by molar-refractivity contribution is -0.137. The van der Waals surface area contributed by atoms with Crippen LogP contribution < -0.4 is 0 Å². The highest BCUT2D eigenvalue weighted by Crippen LogP contribution is 2.42. The van der Waals surface area contributed by atoms with E-state index in [0.29, 0.717) is 6.42 Å². The summed E-state index contributed by atoms with van der Waals surface area (Å²) in [6.07, 6.45) is 22.1. The van der Waals surface area contributed by atoms with Gasteiger partial charge in [-0.3, -0.25) is 4.79 Å². The highest BCUT2D eigenvalue weighted by molar-refractivity contribution is 5.66. The quantitative estimate of drug-likeness (QED) is 0.293. The van der Waals surface area contributed by atoms with E-state index < -0.39 is 5.97 Å². The molecule has 23 heavy (non-hydrogen) atoms. The first kappa shape index (κ1) is 20.5. The van der Waals surface area contributed by atoms with Gasteiger partial charge in [0.1, 0.15) is 0 Å². The molecular weight excluding hydrogens is 284 g/mol. The van der Waals surface area contributed by atoms with Gasteiger partial charge in [-0.05, 0) is 31.1 Å². The Labute approximate surface area is 144 Å². The fourth-order valence-electron chi connectivity index (χ4n) is 3.76. The van der Waals surface area contributed by atoms with Crippen LogP contribution >= 0.6 is 0 Å². The molecule has 0 heterocycles. The minimum Gasteiger partial charge on any atom is -0.481 e. The third-order valence-electron chi connectivity index (χ3n) is 5.43. The fraction of sp³-hybridized carbons (Fsp3) is 0.952. The Kier molecular flexibility index (Phi) is 12.4. The zero-order valence-corrected chi connectivity index (χ0v) is 15.5. The first-order valence-electron chi connectivity index (χ1n) is 10.5. The maximum atomic E-state index is 10.5. The summed E-state index contributed by atoms with van der Waals surface area (Å²) in [6, 6.07) is 0. The summed E-state index contributed by atoms with van der Waals surface area (Å²) in [7, 11) is 0. The van der Waals surface area contributed by atoms with Crippen molar-refractivity contribution in [2.24, 2.45) is 11.8 Å². The zero-order chi connectivity index (χ0) is 16.8. The third-order valence-corrected chi connectivity index (χ3v) is 5.43. The van der Waals surface area contributed by atoms with Gasteiger partial charge >= 0.3 is 5.97 Å². The molecule has 1 atom stereocenters. The maximum absolute atomic E-state index is 10.5. The lowest BCUT2D eigenvalue weighted by atomic mass is 9.90. The molecular formula is C21H40O2. The van der Waals surface area contributed by atoms with Crippen LogP contribution in [0.4, 0.5) is 0 Å². The summed E-state index contributed by atoms with van der Waals surface area (Å²) in [5, 5.41) is 8.62. The van der Waals surface area contributed by atoms with Gasteiger partial charge in [0.25, 0.3) is 0 Å². The van der Waals surface area contributed by atoms with E-state index in [-0.39, 0.29) is 0 Å². The second-order valence-corrected chi connectivity index (χ2v) is 7.71. The summed E-state index contributed by atoms with van der Waals surface area (Å²) in [5.41, 5.74) is 0. The Morgan fingerprint density at radius 2 is 1.30 bits per heavy atom. The molecule has 1 fully saturated rings. The minimum absolute atomic E-state index is 0.350. The van der Waals surface area contributed by atoms with E-state index in [9.17, 15) is 4.79 Å². The Hall–Kier alpha value is -0.530. The van der Waals surface area contributed by atoms with Gasteiger partial charge in [-0.25, -0.2) is 0 Å². The molecule has 0 radical (unpaired) electrons. The van der Waals surface area contributed by atoms with Crippen LogP contribution in [0.2, 0.25) is 0 Å². The van der Waals surface area contributed by atoms with E-state index in [1.54, 1.807) is 0 Å².